The van der Waals surface area contributed by atoms with Crippen LogP contribution in [-0.4, -0.2) is 33.6 Å². The molecule has 1 atom stereocenters. The molecule has 1 aromatic heterocycles. The first kappa shape index (κ1) is 13.6. The van der Waals surface area contributed by atoms with Crippen molar-refractivity contribution in [3.8, 4) is 0 Å². The fourth-order valence-electron chi connectivity index (χ4n) is 1.97. The van der Waals surface area contributed by atoms with Gasteiger partial charge in [-0.15, -0.1) is 0 Å². The number of aliphatic hydroxyl groups is 1. The van der Waals surface area contributed by atoms with Crippen LogP contribution in [0, 0.1) is 0 Å². The highest BCUT2D eigenvalue weighted by molar-refractivity contribution is 6.33. The van der Waals surface area contributed by atoms with Crippen LogP contribution in [0.25, 0.3) is 0 Å². The van der Waals surface area contributed by atoms with Crippen molar-refractivity contribution in [1.29, 1.82) is 0 Å². The molecule has 0 saturated heterocycles. The van der Waals surface area contributed by atoms with Gasteiger partial charge in [0.25, 0.3) is 0 Å². The van der Waals surface area contributed by atoms with Gasteiger partial charge in [0.2, 0.25) is 12.4 Å². The number of hydrogen-bond acceptors (Lipinski definition) is 6. The Morgan fingerprint density at radius 1 is 1.58 bits per heavy atom. The van der Waals surface area contributed by atoms with Gasteiger partial charge in [0.15, 0.2) is 11.0 Å². The molecular formula is C11H14ClN5O2. The zero-order chi connectivity index (χ0) is 13.9. The van der Waals surface area contributed by atoms with E-state index in [1.807, 2.05) is 12.2 Å². The van der Waals surface area contributed by atoms with Crippen molar-refractivity contribution in [2.45, 2.75) is 18.4 Å². The van der Waals surface area contributed by atoms with Crippen molar-refractivity contribution in [3.63, 3.8) is 0 Å². The predicted octanol–water partition coefficient (Wildman–Crippen LogP) is 0.773. The number of aliphatic hydroxyl groups excluding tert-OH is 1. The van der Waals surface area contributed by atoms with E-state index in [9.17, 15) is 9.90 Å². The van der Waals surface area contributed by atoms with Gasteiger partial charge in [-0.05, 0) is 12.8 Å². The maximum atomic E-state index is 10.6. The molecule has 5 N–H and O–H groups in total. The SMILES string of the molecule is Nc1nc(Cl)c(NC=O)c(NC2(CO)C=CCC2)n1. The number of carbonyl (C=O) groups excluding carboxylic acids is 1. The van der Waals surface area contributed by atoms with Gasteiger partial charge in [-0.25, -0.2) is 0 Å². The van der Waals surface area contributed by atoms with E-state index >= 15 is 0 Å². The lowest BCUT2D eigenvalue weighted by atomic mass is 10.0. The highest BCUT2D eigenvalue weighted by Crippen LogP contribution is 2.33. The molecule has 1 aliphatic rings. The van der Waals surface area contributed by atoms with Crippen LogP contribution in [0.2, 0.25) is 5.15 Å². The molecule has 1 amide bonds. The van der Waals surface area contributed by atoms with Crippen LogP contribution >= 0.6 is 11.6 Å². The standard InChI is InChI=1S/C11H14ClN5O2/c12-8-7(14-6-19)9(16-10(13)15-8)17-11(5-18)3-1-2-4-11/h1,3,6,18H,2,4-5H2,(H,14,19)(H3,13,15,16,17). The van der Waals surface area contributed by atoms with Crippen LogP contribution in [-0.2, 0) is 4.79 Å². The molecule has 0 bridgehead atoms. The van der Waals surface area contributed by atoms with E-state index in [1.165, 1.54) is 0 Å². The van der Waals surface area contributed by atoms with E-state index in [0.29, 0.717) is 12.8 Å². The Morgan fingerprint density at radius 3 is 2.95 bits per heavy atom. The number of nitrogens with two attached hydrogens (primary N) is 1. The van der Waals surface area contributed by atoms with E-state index < -0.39 is 5.54 Å². The van der Waals surface area contributed by atoms with Crippen LogP contribution < -0.4 is 16.4 Å². The van der Waals surface area contributed by atoms with Gasteiger partial charge in [0, 0.05) is 0 Å². The molecule has 0 spiro atoms. The minimum atomic E-state index is -0.622. The van der Waals surface area contributed by atoms with Gasteiger partial charge < -0.3 is 21.5 Å². The number of nitrogens with zero attached hydrogens (tertiary/aromatic N) is 2. The number of nitrogen functional groups attached to an aromatic ring is 1. The van der Waals surface area contributed by atoms with Crippen molar-refractivity contribution in [3.05, 3.63) is 17.3 Å². The highest BCUT2D eigenvalue weighted by Gasteiger charge is 2.30. The van der Waals surface area contributed by atoms with E-state index in [4.69, 9.17) is 17.3 Å². The molecule has 19 heavy (non-hydrogen) atoms. The summed E-state index contributed by atoms with van der Waals surface area (Å²) in [6, 6.07) is 0. The third-order valence-corrected chi connectivity index (χ3v) is 3.20. The third kappa shape index (κ3) is 2.77. The fraction of sp³-hybridized carbons (Fsp3) is 0.364. The summed E-state index contributed by atoms with van der Waals surface area (Å²) in [5.74, 6) is 0.268. The zero-order valence-corrected chi connectivity index (χ0v) is 10.8. The average molecular weight is 284 g/mol. The molecule has 1 unspecified atom stereocenters. The molecule has 2 rings (SSSR count). The molecule has 102 valence electrons. The summed E-state index contributed by atoms with van der Waals surface area (Å²) in [5.41, 5.74) is 5.15. The van der Waals surface area contributed by atoms with E-state index in [0.717, 1.165) is 6.42 Å². The highest BCUT2D eigenvalue weighted by atomic mass is 35.5. The Labute approximate surface area is 114 Å². The second-order valence-electron chi connectivity index (χ2n) is 4.24. The van der Waals surface area contributed by atoms with Crippen LogP contribution in [0.3, 0.4) is 0 Å². The minimum Gasteiger partial charge on any atom is -0.394 e. The maximum Gasteiger partial charge on any atom is 0.223 e. The van der Waals surface area contributed by atoms with Crippen molar-refractivity contribution in [1.82, 2.24) is 9.97 Å². The summed E-state index contributed by atoms with van der Waals surface area (Å²) in [6.07, 6.45) is 5.86. The van der Waals surface area contributed by atoms with Gasteiger partial charge >= 0.3 is 0 Å². The summed E-state index contributed by atoms with van der Waals surface area (Å²) >= 11 is 5.91. The molecule has 8 heteroatoms. The topological polar surface area (TPSA) is 113 Å². The second kappa shape index (κ2) is 5.41. The summed E-state index contributed by atoms with van der Waals surface area (Å²) in [5, 5.41) is 15.1. The number of rotatable bonds is 5. The van der Waals surface area contributed by atoms with E-state index in [2.05, 4.69) is 20.6 Å². The number of amides is 1. The molecule has 7 nitrogen and oxygen atoms in total. The molecule has 0 aromatic carbocycles. The van der Waals surface area contributed by atoms with Crippen molar-refractivity contribution in [2.75, 3.05) is 23.0 Å². The Hall–Kier alpha value is -1.86. The van der Waals surface area contributed by atoms with Crippen molar-refractivity contribution in [2.24, 2.45) is 0 Å². The molecule has 0 fully saturated rings. The summed E-state index contributed by atoms with van der Waals surface area (Å²) in [6.45, 7) is -0.106. The minimum absolute atomic E-state index is 0.0148. The zero-order valence-electron chi connectivity index (χ0n) is 10.1. The lowest BCUT2D eigenvalue weighted by Gasteiger charge is -2.28. The largest absolute Gasteiger partial charge is 0.394 e. The molecule has 0 saturated carbocycles. The predicted molar refractivity (Wildman–Crippen MR) is 73.0 cm³/mol. The Balaban J connectivity index is 2.37. The van der Waals surface area contributed by atoms with Crippen LogP contribution in [0.5, 0.6) is 0 Å². The number of nitrogens with one attached hydrogen (secondary N) is 2. The molecule has 1 aliphatic carbocycles. The number of aromatic nitrogens is 2. The fourth-order valence-corrected chi connectivity index (χ4v) is 2.20. The maximum absolute atomic E-state index is 10.6. The average Bonchev–Trinajstić information content (AvgIpc) is 2.83. The Bertz CT molecular complexity index is 522. The van der Waals surface area contributed by atoms with Crippen molar-refractivity contribution >= 4 is 35.5 Å². The Kier molecular flexibility index (Phi) is 3.87. The molecular weight excluding hydrogens is 270 g/mol. The van der Waals surface area contributed by atoms with E-state index in [-0.39, 0.29) is 29.2 Å². The first-order valence-electron chi connectivity index (χ1n) is 5.70. The van der Waals surface area contributed by atoms with Crippen LogP contribution in [0.4, 0.5) is 17.5 Å². The van der Waals surface area contributed by atoms with Crippen LogP contribution in [0.1, 0.15) is 12.8 Å². The number of carbonyl (C=O) groups is 1. The van der Waals surface area contributed by atoms with Gasteiger partial charge in [0.05, 0.1) is 12.1 Å². The number of halogens is 1. The first-order chi connectivity index (χ1) is 9.10. The molecule has 0 radical (unpaired) electrons. The van der Waals surface area contributed by atoms with Gasteiger partial charge in [-0.3, -0.25) is 4.79 Å². The quantitative estimate of drug-likeness (QED) is 0.361. The number of allylic oxidation sites excluding steroid dienone is 1. The normalized spacial score (nSPS) is 21.4. The summed E-state index contributed by atoms with van der Waals surface area (Å²) < 4.78 is 0. The van der Waals surface area contributed by atoms with Gasteiger partial charge in [-0.2, -0.15) is 9.97 Å². The summed E-state index contributed by atoms with van der Waals surface area (Å²) in [4.78, 5) is 18.4. The smallest absolute Gasteiger partial charge is 0.223 e. The molecule has 1 heterocycles. The van der Waals surface area contributed by atoms with Crippen molar-refractivity contribution < 1.29 is 9.90 Å². The summed E-state index contributed by atoms with van der Waals surface area (Å²) in [7, 11) is 0. The molecule has 0 aliphatic heterocycles. The number of anilines is 3. The monoisotopic (exact) mass is 283 g/mol. The molecule has 1 aromatic rings. The van der Waals surface area contributed by atoms with E-state index in [1.54, 1.807) is 0 Å². The lowest BCUT2D eigenvalue weighted by molar-refractivity contribution is -0.105. The van der Waals surface area contributed by atoms with Gasteiger partial charge in [0.1, 0.15) is 5.69 Å². The lowest BCUT2D eigenvalue weighted by Crippen LogP contribution is -2.38. The first-order valence-corrected chi connectivity index (χ1v) is 6.08. The Morgan fingerprint density at radius 2 is 2.37 bits per heavy atom. The van der Waals surface area contributed by atoms with Gasteiger partial charge in [-0.1, -0.05) is 23.8 Å². The van der Waals surface area contributed by atoms with Crippen LogP contribution in [0.15, 0.2) is 12.2 Å². The number of hydrogen-bond donors (Lipinski definition) is 4. The third-order valence-electron chi connectivity index (χ3n) is 2.93. The second-order valence-corrected chi connectivity index (χ2v) is 4.60.